The summed E-state index contributed by atoms with van der Waals surface area (Å²) in [6.45, 7) is 5.61. The molecule has 41 heavy (non-hydrogen) atoms. The average Bonchev–Trinajstić information content (AvgIpc) is 3.43. The summed E-state index contributed by atoms with van der Waals surface area (Å²) < 4.78 is 61.9. The zero-order valence-corrected chi connectivity index (χ0v) is 22.7. The highest BCUT2D eigenvalue weighted by atomic mass is 19.4. The molecule has 0 fully saturated rings. The van der Waals surface area contributed by atoms with Crippen molar-refractivity contribution in [3.63, 3.8) is 0 Å². The summed E-state index contributed by atoms with van der Waals surface area (Å²) in [5.41, 5.74) is 3.69. The second kappa shape index (κ2) is 10.7. The van der Waals surface area contributed by atoms with Gasteiger partial charge in [0.05, 0.1) is 18.0 Å². The van der Waals surface area contributed by atoms with Crippen molar-refractivity contribution in [2.45, 2.75) is 39.8 Å². The third kappa shape index (κ3) is 5.65. The van der Waals surface area contributed by atoms with Gasteiger partial charge in [0.1, 0.15) is 22.9 Å². The summed E-state index contributed by atoms with van der Waals surface area (Å²) in [6, 6.07) is 16.4. The summed E-state index contributed by atoms with van der Waals surface area (Å²) in [5.74, 6) is -0.729. The van der Waals surface area contributed by atoms with Crippen LogP contribution in [0.5, 0.6) is 17.2 Å². The molecule has 0 amide bonds. The molecule has 2 aromatic heterocycles. The molecule has 0 saturated heterocycles. The van der Waals surface area contributed by atoms with Gasteiger partial charge in [-0.05, 0) is 48.9 Å². The van der Waals surface area contributed by atoms with Crippen LogP contribution in [0.2, 0.25) is 0 Å². The molecule has 0 saturated carbocycles. The molecule has 0 aliphatic rings. The van der Waals surface area contributed by atoms with Crippen molar-refractivity contribution < 1.29 is 41.8 Å². The van der Waals surface area contributed by atoms with Crippen molar-refractivity contribution in [3.8, 4) is 28.5 Å². The minimum Gasteiger partial charge on any atom is -0.497 e. The Balaban J connectivity index is 1.63. The van der Waals surface area contributed by atoms with E-state index in [2.05, 4.69) is 9.89 Å². The lowest BCUT2D eigenvalue weighted by Crippen LogP contribution is -2.32. The van der Waals surface area contributed by atoms with Crippen molar-refractivity contribution in [1.82, 2.24) is 9.72 Å². The summed E-state index contributed by atoms with van der Waals surface area (Å²) in [4.78, 5) is 11.6. The molecule has 2 heterocycles. The SMILES string of the molecule is COc1ccc2c(-c3c(C)n(Cc4cccc(O[C@@H](C(=O)O)C(C)C)c4)c4cc(OC(F)(F)F)ccc34)noc2c1. The van der Waals surface area contributed by atoms with Gasteiger partial charge in [0.15, 0.2) is 11.7 Å². The highest BCUT2D eigenvalue weighted by molar-refractivity contribution is 6.04. The van der Waals surface area contributed by atoms with E-state index in [0.717, 1.165) is 11.3 Å². The van der Waals surface area contributed by atoms with Crippen LogP contribution in [0, 0.1) is 12.8 Å². The van der Waals surface area contributed by atoms with E-state index in [1.807, 2.05) is 23.6 Å². The minimum absolute atomic E-state index is 0.248. The van der Waals surface area contributed by atoms with Gasteiger partial charge in [-0.15, -0.1) is 13.2 Å². The number of alkyl halides is 3. The summed E-state index contributed by atoms with van der Waals surface area (Å²) in [5, 5.41) is 15.2. The monoisotopic (exact) mass is 568 g/mol. The molecule has 8 nitrogen and oxygen atoms in total. The standard InChI is InChI=1S/C30H27F3N2O6/c1-16(2)28(29(36)37)39-20-7-5-6-18(12-20)15-35-17(3)26(22-10-9-21(13-24(22)35)40-30(31,32)33)27-23-11-8-19(38-4)14-25(23)41-34-27/h5-14,16,28H,15H2,1-4H3,(H,36,37)/t28-/m1/s1. The number of benzene rings is 3. The maximum Gasteiger partial charge on any atom is 0.573 e. The van der Waals surface area contributed by atoms with Gasteiger partial charge in [0, 0.05) is 41.2 Å². The lowest BCUT2D eigenvalue weighted by atomic mass is 10.0. The highest BCUT2D eigenvalue weighted by Crippen LogP contribution is 2.40. The Morgan fingerprint density at radius 3 is 2.44 bits per heavy atom. The van der Waals surface area contributed by atoms with Crippen LogP contribution in [0.1, 0.15) is 25.1 Å². The van der Waals surface area contributed by atoms with Crippen molar-refractivity contribution in [1.29, 1.82) is 0 Å². The van der Waals surface area contributed by atoms with E-state index >= 15 is 0 Å². The first kappa shape index (κ1) is 27.9. The van der Waals surface area contributed by atoms with Gasteiger partial charge in [0.2, 0.25) is 0 Å². The minimum atomic E-state index is -4.85. The number of aromatic nitrogens is 2. The summed E-state index contributed by atoms with van der Waals surface area (Å²) >= 11 is 0. The Morgan fingerprint density at radius 2 is 1.76 bits per heavy atom. The summed E-state index contributed by atoms with van der Waals surface area (Å²) in [6.07, 6.45) is -5.89. The van der Waals surface area contributed by atoms with Gasteiger partial charge in [-0.25, -0.2) is 4.79 Å². The fraction of sp³-hybridized carbons (Fsp3) is 0.267. The van der Waals surface area contributed by atoms with Crippen LogP contribution in [0.15, 0.2) is 65.2 Å². The van der Waals surface area contributed by atoms with Gasteiger partial charge in [-0.2, -0.15) is 0 Å². The molecular formula is C30H27F3N2O6. The molecule has 1 atom stereocenters. The lowest BCUT2D eigenvalue weighted by Gasteiger charge is -2.19. The summed E-state index contributed by atoms with van der Waals surface area (Å²) in [7, 11) is 1.54. The van der Waals surface area contributed by atoms with E-state index in [4.69, 9.17) is 14.0 Å². The fourth-order valence-corrected chi connectivity index (χ4v) is 4.90. The Hall–Kier alpha value is -4.67. The molecule has 11 heteroatoms. The van der Waals surface area contributed by atoms with Crippen LogP contribution in [-0.4, -0.2) is 40.4 Å². The van der Waals surface area contributed by atoms with Crippen LogP contribution in [0.25, 0.3) is 33.1 Å². The zero-order valence-electron chi connectivity index (χ0n) is 22.7. The predicted molar refractivity (Wildman–Crippen MR) is 145 cm³/mol. The number of ether oxygens (including phenoxy) is 3. The molecule has 0 bridgehead atoms. The quantitative estimate of drug-likeness (QED) is 0.201. The number of halogens is 3. The number of carboxylic acid groups (broad SMARTS) is 1. The second-order valence-corrected chi connectivity index (χ2v) is 9.93. The largest absolute Gasteiger partial charge is 0.573 e. The molecule has 5 aromatic rings. The van der Waals surface area contributed by atoms with Crippen LogP contribution in [-0.2, 0) is 11.3 Å². The Kier molecular flexibility index (Phi) is 7.29. The molecule has 214 valence electrons. The zero-order chi connectivity index (χ0) is 29.5. The van der Waals surface area contributed by atoms with E-state index in [0.29, 0.717) is 44.6 Å². The van der Waals surface area contributed by atoms with Gasteiger partial charge >= 0.3 is 12.3 Å². The second-order valence-electron chi connectivity index (χ2n) is 9.93. The Morgan fingerprint density at radius 1 is 1.02 bits per heavy atom. The van der Waals surface area contributed by atoms with E-state index in [-0.39, 0.29) is 18.2 Å². The number of fused-ring (bicyclic) bond motifs is 2. The molecular weight excluding hydrogens is 541 g/mol. The molecule has 0 unspecified atom stereocenters. The van der Waals surface area contributed by atoms with E-state index in [1.165, 1.54) is 12.1 Å². The van der Waals surface area contributed by atoms with Crippen LogP contribution in [0.4, 0.5) is 13.2 Å². The highest BCUT2D eigenvalue weighted by Gasteiger charge is 2.32. The van der Waals surface area contributed by atoms with Crippen molar-refractivity contribution in [2.24, 2.45) is 5.92 Å². The molecule has 3 aromatic carbocycles. The number of carboxylic acids is 1. The number of methoxy groups -OCH3 is 1. The number of carbonyl (C=O) groups is 1. The maximum atomic E-state index is 13.1. The van der Waals surface area contributed by atoms with Gasteiger partial charge in [0.25, 0.3) is 0 Å². The fourth-order valence-electron chi connectivity index (χ4n) is 4.90. The number of hydrogen-bond acceptors (Lipinski definition) is 6. The van der Waals surface area contributed by atoms with Crippen LogP contribution < -0.4 is 14.2 Å². The van der Waals surface area contributed by atoms with Crippen molar-refractivity contribution >= 4 is 27.8 Å². The van der Waals surface area contributed by atoms with E-state index in [9.17, 15) is 23.1 Å². The molecule has 0 spiro atoms. The normalized spacial score (nSPS) is 12.7. The van der Waals surface area contributed by atoms with Crippen LogP contribution >= 0.6 is 0 Å². The van der Waals surface area contributed by atoms with E-state index < -0.39 is 18.4 Å². The van der Waals surface area contributed by atoms with Crippen LogP contribution in [0.3, 0.4) is 0 Å². The Bertz CT molecular complexity index is 1740. The molecule has 1 N–H and O–H groups in total. The third-order valence-corrected chi connectivity index (χ3v) is 6.80. The van der Waals surface area contributed by atoms with Crippen molar-refractivity contribution in [2.75, 3.05) is 7.11 Å². The average molecular weight is 569 g/mol. The third-order valence-electron chi connectivity index (χ3n) is 6.80. The molecule has 0 radical (unpaired) electrons. The maximum absolute atomic E-state index is 13.1. The Labute approximate surface area is 232 Å². The smallest absolute Gasteiger partial charge is 0.497 e. The predicted octanol–water partition coefficient (Wildman–Crippen LogP) is 7.20. The number of nitrogens with zero attached hydrogens (tertiary/aromatic N) is 2. The first-order valence-electron chi connectivity index (χ1n) is 12.8. The van der Waals surface area contributed by atoms with Gasteiger partial charge < -0.3 is 28.4 Å². The van der Waals surface area contributed by atoms with Crippen molar-refractivity contribution in [3.05, 3.63) is 71.9 Å². The lowest BCUT2D eigenvalue weighted by molar-refractivity contribution is -0.274. The topological polar surface area (TPSA) is 96.0 Å². The molecule has 0 aliphatic carbocycles. The van der Waals surface area contributed by atoms with Gasteiger partial charge in [-0.3, -0.25) is 0 Å². The number of hydrogen-bond donors (Lipinski definition) is 1. The molecule has 0 aliphatic heterocycles. The first-order chi connectivity index (χ1) is 19.4. The number of aliphatic carboxylic acids is 1. The first-order valence-corrected chi connectivity index (χ1v) is 12.8. The van der Waals surface area contributed by atoms with E-state index in [1.54, 1.807) is 57.4 Å². The van der Waals surface area contributed by atoms with Gasteiger partial charge in [-0.1, -0.05) is 31.1 Å². The number of rotatable bonds is 9. The molecule has 5 rings (SSSR count).